The Morgan fingerprint density at radius 1 is 0.290 bits per heavy atom. The first-order valence-corrected chi connectivity index (χ1v) is 23.4. The average molecular weight is 806 g/mol. The molecule has 0 aliphatic rings. The summed E-state index contributed by atoms with van der Waals surface area (Å²) in [6, 6.07) is 91.6. The highest BCUT2D eigenvalue weighted by Crippen LogP contribution is 2.39. The predicted molar refractivity (Wildman–Crippen MR) is 268 cm³/mol. The second-order valence-electron chi connectivity index (χ2n) is 16.1. The van der Waals surface area contributed by atoms with Gasteiger partial charge in [-0.25, -0.2) is 0 Å². The standard InChI is InChI=1S/C60H43NSi/c1-5-17-44(18-6-1)29-30-45-31-33-46(34-32-45)48-37-41-60-57(43-48)56-27-15-16-28-58(56)61(60)59-42-40-53(54-25-13-14-26-55(54)59)47-35-38-52(39-36-47)62(49-19-7-2-8-20-49,50-21-9-3-10-22-50)51-23-11-4-12-24-51/h1-43H. The molecule has 0 radical (unpaired) electrons. The summed E-state index contributed by atoms with van der Waals surface area (Å²) in [6.45, 7) is 0. The second-order valence-corrected chi connectivity index (χ2v) is 19.9. The zero-order valence-corrected chi connectivity index (χ0v) is 35.3. The van der Waals surface area contributed by atoms with E-state index in [0.717, 1.165) is 0 Å². The Morgan fingerprint density at radius 2 is 0.742 bits per heavy atom. The SMILES string of the molecule is C(=Cc1ccc(-c2ccc3c(c2)c2ccccc2n3-c2ccc(-c3ccc([Si](c4ccccc4)(c4ccccc4)c4ccccc4)cc3)c3ccccc23)cc1)c1ccccc1. The third-order valence-electron chi connectivity index (χ3n) is 12.6. The van der Waals surface area contributed by atoms with Crippen molar-refractivity contribution in [1.29, 1.82) is 0 Å². The molecule has 0 amide bonds. The van der Waals surface area contributed by atoms with Crippen molar-refractivity contribution in [1.82, 2.24) is 4.57 Å². The van der Waals surface area contributed by atoms with Crippen molar-refractivity contribution in [2.24, 2.45) is 0 Å². The first kappa shape index (κ1) is 37.2. The van der Waals surface area contributed by atoms with Crippen LogP contribution in [-0.4, -0.2) is 12.6 Å². The summed E-state index contributed by atoms with van der Waals surface area (Å²) in [5, 5.41) is 10.5. The maximum Gasteiger partial charge on any atom is 0.179 e. The van der Waals surface area contributed by atoms with E-state index < -0.39 is 8.07 Å². The van der Waals surface area contributed by atoms with Crippen LogP contribution in [-0.2, 0) is 0 Å². The van der Waals surface area contributed by atoms with E-state index in [4.69, 9.17) is 0 Å². The topological polar surface area (TPSA) is 4.93 Å². The minimum Gasteiger partial charge on any atom is -0.309 e. The van der Waals surface area contributed by atoms with E-state index in [1.54, 1.807) is 0 Å². The van der Waals surface area contributed by atoms with Gasteiger partial charge in [-0.2, -0.15) is 0 Å². The van der Waals surface area contributed by atoms with Crippen LogP contribution < -0.4 is 20.7 Å². The largest absolute Gasteiger partial charge is 0.309 e. The molecule has 0 bridgehead atoms. The van der Waals surface area contributed by atoms with E-state index in [1.807, 2.05) is 0 Å². The summed E-state index contributed by atoms with van der Waals surface area (Å²) >= 11 is 0. The van der Waals surface area contributed by atoms with E-state index in [-0.39, 0.29) is 0 Å². The van der Waals surface area contributed by atoms with Crippen molar-refractivity contribution in [3.05, 3.63) is 260 Å². The lowest BCUT2D eigenvalue weighted by atomic mass is 9.97. The Kier molecular flexibility index (Phi) is 9.61. The van der Waals surface area contributed by atoms with Crippen LogP contribution in [0.4, 0.5) is 0 Å². The van der Waals surface area contributed by atoms with Gasteiger partial charge in [0.1, 0.15) is 0 Å². The number of rotatable bonds is 9. The summed E-state index contributed by atoms with van der Waals surface area (Å²) in [4.78, 5) is 0. The Labute approximate surface area is 364 Å². The summed E-state index contributed by atoms with van der Waals surface area (Å²) in [6.07, 6.45) is 4.34. The zero-order chi connectivity index (χ0) is 41.3. The van der Waals surface area contributed by atoms with Crippen LogP contribution in [0.3, 0.4) is 0 Å². The molecule has 0 N–H and O–H groups in total. The number of para-hydroxylation sites is 1. The van der Waals surface area contributed by atoms with Crippen LogP contribution in [0.1, 0.15) is 11.1 Å². The number of hydrogen-bond acceptors (Lipinski definition) is 0. The third-order valence-corrected chi connectivity index (χ3v) is 17.4. The first-order chi connectivity index (χ1) is 30.8. The van der Waals surface area contributed by atoms with Crippen LogP contribution in [0.15, 0.2) is 249 Å². The molecule has 0 atom stereocenters. The van der Waals surface area contributed by atoms with Crippen molar-refractivity contribution in [2.75, 3.05) is 0 Å². The lowest BCUT2D eigenvalue weighted by Gasteiger charge is -2.34. The number of nitrogens with zero attached hydrogens (tertiary/aromatic N) is 1. The summed E-state index contributed by atoms with van der Waals surface area (Å²) in [5.74, 6) is 0. The second kappa shape index (κ2) is 16.0. The molecule has 0 spiro atoms. The van der Waals surface area contributed by atoms with Crippen LogP contribution >= 0.6 is 0 Å². The highest BCUT2D eigenvalue weighted by Gasteiger charge is 2.41. The molecule has 1 nitrogen and oxygen atoms in total. The molecule has 62 heavy (non-hydrogen) atoms. The van der Waals surface area contributed by atoms with Crippen molar-refractivity contribution in [3.8, 4) is 27.9 Å². The van der Waals surface area contributed by atoms with Crippen LogP contribution in [0.25, 0.3) is 72.7 Å². The number of benzene rings is 10. The van der Waals surface area contributed by atoms with Gasteiger partial charge in [-0.3, -0.25) is 0 Å². The highest BCUT2D eigenvalue weighted by atomic mass is 28.3. The maximum atomic E-state index is 2.46. The van der Waals surface area contributed by atoms with E-state index in [2.05, 4.69) is 265 Å². The van der Waals surface area contributed by atoms with Crippen LogP contribution in [0.5, 0.6) is 0 Å². The Hall–Kier alpha value is -7.78. The number of fused-ring (bicyclic) bond motifs is 4. The molecule has 0 aliphatic carbocycles. The van der Waals surface area contributed by atoms with E-state index in [0.29, 0.717) is 0 Å². The van der Waals surface area contributed by atoms with Gasteiger partial charge in [-0.05, 0) is 83.8 Å². The number of aromatic nitrogens is 1. The van der Waals surface area contributed by atoms with Crippen molar-refractivity contribution >= 4 is 73.6 Å². The number of hydrogen-bond donors (Lipinski definition) is 0. The van der Waals surface area contributed by atoms with E-state index in [9.17, 15) is 0 Å². The fourth-order valence-corrected chi connectivity index (χ4v) is 14.4. The Morgan fingerprint density at radius 3 is 1.35 bits per heavy atom. The lowest BCUT2D eigenvalue weighted by Crippen LogP contribution is -2.74. The molecule has 0 saturated carbocycles. The summed E-state index contributed by atoms with van der Waals surface area (Å²) in [7, 11) is -2.62. The molecule has 0 unspecified atom stereocenters. The van der Waals surface area contributed by atoms with E-state index in [1.165, 1.54) is 92.4 Å². The van der Waals surface area contributed by atoms with Gasteiger partial charge in [0.15, 0.2) is 8.07 Å². The smallest absolute Gasteiger partial charge is 0.179 e. The molecule has 1 aromatic heterocycles. The Balaban J connectivity index is 0.999. The monoisotopic (exact) mass is 805 g/mol. The van der Waals surface area contributed by atoms with E-state index >= 15 is 0 Å². The van der Waals surface area contributed by atoms with Gasteiger partial charge in [0, 0.05) is 16.2 Å². The third kappa shape index (κ3) is 6.50. The summed E-state index contributed by atoms with van der Waals surface area (Å²) in [5.41, 5.74) is 10.8. The normalized spacial score (nSPS) is 11.8. The van der Waals surface area contributed by atoms with Crippen LogP contribution in [0, 0.1) is 0 Å². The maximum absolute atomic E-state index is 2.62. The summed E-state index contributed by atoms with van der Waals surface area (Å²) < 4.78 is 2.46. The zero-order valence-electron chi connectivity index (χ0n) is 34.3. The van der Waals surface area contributed by atoms with Gasteiger partial charge in [-0.1, -0.05) is 237 Å². The fourth-order valence-electron chi connectivity index (χ4n) is 9.65. The molecule has 11 aromatic rings. The molecule has 10 aromatic carbocycles. The molecule has 0 aliphatic heterocycles. The highest BCUT2D eigenvalue weighted by molar-refractivity contribution is 7.19. The average Bonchev–Trinajstić information content (AvgIpc) is 3.68. The van der Waals surface area contributed by atoms with Gasteiger partial charge in [0.05, 0.1) is 16.7 Å². The van der Waals surface area contributed by atoms with Gasteiger partial charge >= 0.3 is 0 Å². The van der Waals surface area contributed by atoms with Crippen molar-refractivity contribution in [3.63, 3.8) is 0 Å². The molecule has 292 valence electrons. The van der Waals surface area contributed by atoms with Crippen molar-refractivity contribution in [2.45, 2.75) is 0 Å². The molecular weight excluding hydrogens is 763 g/mol. The van der Waals surface area contributed by atoms with Gasteiger partial charge in [0.25, 0.3) is 0 Å². The molecule has 11 rings (SSSR count). The van der Waals surface area contributed by atoms with Crippen molar-refractivity contribution < 1.29 is 0 Å². The lowest BCUT2D eigenvalue weighted by molar-refractivity contribution is 1.20. The molecule has 2 heteroatoms. The van der Waals surface area contributed by atoms with Gasteiger partial charge in [0.2, 0.25) is 0 Å². The van der Waals surface area contributed by atoms with Gasteiger partial charge < -0.3 is 4.57 Å². The predicted octanol–water partition coefficient (Wildman–Crippen LogP) is 12.8. The molecule has 0 fully saturated rings. The fraction of sp³-hybridized carbons (Fsp3) is 0. The minimum atomic E-state index is -2.62. The Bertz CT molecular complexity index is 3250. The molecule has 0 saturated heterocycles. The molecule has 1 heterocycles. The minimum absolute atomic E-state index is 1.18. The molecular formula is C60H43NSi. The quantitative estimate of drug-likeness (QED) is 0.0778. The first-order valence-electron chi connectivity index (χ1n) is 21.4. The van der Waals surface area contributed by atoms with Gasteiger partial charge in [-0.15, -0.1) is 0 Å². The van der Waals surface area contributed by atoms with Crippen LogP contribution in [0.2, 0.25) is 0 Å².